The molecule has 2 heterocycles. The van der Waals surface area contributed by atoms with Crippen LogP contribution in [-0.2, 0) is 11.3 Å². The number of nitrogens with zero attached hydrogens (tertiary/aromatic N) is 2. The van der Waals surface area contributed by atoms with Gasteiger partial charge in [0.05, 0.1) is 0 Å². The lowest BCUT2D eigenvalue weighted by atomic mass is 9.89. The highest BCUT2D eigenvalue weighted by Gasteiger charge is 2.30. The third kappa shape index (κ3) is 4.26. The van der Waals surface area contributed by atoms with Crippen molar-refractivity contribution >= 4 is 28.6 Å². The van der Waals surface area contributed by atoms with E-state index in [0.717, 1.165) is 43.4 Å². The molecule has 0 spiro atoms. The lowest BCUT2D eigenvalue weighted by molar-refractivity contribution is 0.0205. The van der Waals surface area contributed by atoms with E-state index >= 15 is 0 Å². The Morgan fingerprint density at radius 3 is 2.52 bits per heavy atom. The van der Waals surface area contributed by atoms with Crippen LogP contribution < -0.4 is 0 Å². The number of fused-ring (bicyclic) bond motifs is 1. The zero-order chi connectivity index (χ0) is 19.2. The number of amides is 1. The van der Waals surface area contributed by atoms with Gasteiger partial charge >= 0.3 is 6.09 Å². The van der Waals surface area contributed by atoms with Crippen LogP contribution in [0, 0.1) is 5.92 Å². The highest BCUT2D eigenvalue weighted by atomic mass is 35.5. The number of hydrogen-bond donors (Lipinski definition) is 0. The number of aromatic nitrogens is 1. The summed E-state index contributed by atoms with van der Waals surface area (Å²) in [7, 11) is 0. The number of rotatable bonds is 3. The molecule has 27 heavy (non-hydrogen) atoms. The van der Waals surface area contributed by atoms with E-state index < -0.39 is 5.60 Å². The van der Waals surface area contributed by atoms with Crippen LogP contribution in [0.2, 0.25) is 5.02 Å². The summed E-state index contributed by atoms with van der Waals surface area (Å²) in [5.74, 6) is 1.29. The molecule has 0 unspecified atom stereocenters. The molecule has 4 nitrogen and oxygen atoms in total. The van der Waals surface area contributed by atoms with Crippen molar-refractivity contribution in [1.29, 1.82) is 0 Å². The lowest BCUT2D eigenvalue weighted by Crippen LogP contribution is -2.41. The SMILES string of the molecule is CC(C)(C)OC(=O)N1CCC(c2cn(CC3CC3)c3ccc(Cl)cc23)CC1. The molecule has 4 rings (SSSR count). The first-order valence-electron chi connectivity index (χ1n) is 10.1. The fourth-order valence-corrected chi connectivity index (χ4v) is 4.22. The Labute approximate surface area is 166 Å². The van der Waals surface area contributed by atoms with Crippen molar-refractivity contribution in [2.45, 2.75) is 64.5 Å². The predicted octanol–water partition coefficient (Wildman–Crippen LogP) is 5.82. The Bertz CT molecular complexity index is 840. The van der Waals surface area contributed by atoms with Gasteiger partial charge in [-0.1, -0.05) is 11.6 Å². The maximum Gasteiger partial charge on any atom is 0.410 e. The first kappa shape index (κ1) is 18.7. The molecule has 2 fully saturated rings. The molecule has 2 aliphatic rings. The maximum absolute atomic E-state index is 12.3. The van der Waals surface area contributed by atoms with Gasteiger partial charge in [0, 0.05) is 41.8 Å². The molecule has 0 N–H and O–H groups in total. The van der Waals surface area contributed by atoms with Gasteiger partial charge in [0.2, 0.25) is 0 Å². The molecule has 1 saturated heterocycles. The number of carbonyl (C=O) groups excluding carboxylic acids is 1. The van der Waals surface area contributed by atoms with Gasteiger partial charge in [0.25, 0.3) is 0 Å². The molecule has 0 bridgehead atoms. The number of ether oxygens (including phenoxy) is 1. The first-order valence-corrected chi connectivity index (χ1v) is 10.4. The summed E-state index contributed by atoms with van der Waals surface area (Å²) in [5.41, 5.74) is 2.23. The molecule has 146 valence electrons. The van der Waals surface area contributed by atoms with Gasteiger partial charge in [-0.25, -0.2) is 4.79 Å². The standard InChI is InChI=1S/C22H29ClN2O2/c1-22(2,3)27-21(26)24-10-8-16(9-11-24)19-14-25(13-15-4-5-15)20-7-6-17(23)12-18(19)20/h6-7,12,14-16H,4-5,8-11,13H2,1-3H3. The van der Waals surface area contributed by atoms with Crippen molar-refractivity contribution in [1.82, 2.24) is 9.47 Å². The monoisotopic (exact) mass is 388 g/mol. The fourth-order valence-electron chi connectivity index (χ4n) is 4.05. The second kappa shape index (κ2) is 7.05. The van der Waals surface area contributed by atoms with Gasteiger partial charge in [-0.15, -0.1) is 0 Å². The first-order chi connectivity index (χ1) is 12.8. The van der Waals surface area contributed by atoms with Crippen LogP contribution in [-0.4, -0.2) is 34.3 Å². The third-order valence-corrected chi connectivity index (χ3v) is 5.85. The summed E-state index contributed by atoms with van der Waals surface area (Å²) in [6.07, 6.45) is 6.77. The molecule has 1 aromatic heterocycles. The van der Waals surface area contributed by atoms with Gasteiger partial charge in [-0.05, 0) is 82.1 Å². The van der Waals surface area contributed by atoms with Crippen LogP contribution in [0.3, 0.4) is 0 Å². The smallest absolute Gasteiger partial charge is 0.410 e. The minimum atomic E-state index is -0.444. The average molecular weight is 389 g/mol. The fraction of sp³-hybridized carbons (Fsp3) is 0.591. The van der Waals surface area contributed by atoms with E-state index in [1.165, 1.54) is 29.3 Å². The van der Waals surface area contributed by atoms with E-state index in [0.29, 0.717) is 5.92 Å². The van der Waals surface area contributed by atoms with Crippen molar-refractivity contribution in [3.63, 3.8) is 0 Å². The molecular weight excluding hydrogens is 360 g/mol. The number of likely N-dealkylation sites (tertiary alicyclic amines) is 1. The maximum atomic E-state index is 12.3. The summed E-state index contributed by atoms with van der Waals surface area (Å²) < 4.78 is 7.94. The van der Waals surface area contributed by atoms with Gasteiger partial charge in [-0.2, -0.15) is 0 Å². The minimum absolute atomic E-state index is 0.194. The average Bonchev–Trinajstić information content (AvgIpc) is 3.34. The largest absolute Gasteiger partial charge is 0.444 e. The topological polar surface area (TPSA) is 34.5 Å². The van der Waals surface area contributed by atoms with E-state index in [9.17, 15) is 4.79 Å². The Morgan fingerprint density at radius 1 is 1.19 bits per heavy atom. The van der Waals surface area contributed by atoms with Crippen molar-refractivity contribution < 1.29 is 9.53 Å². The highest BCUT2D eigenvalue weighted by molar-refractivity contribution is 6.31. The summed E-state index contributed by atoms with van der Waals surface area (Å²) in [6.45, 7) is 8.34. The number of halogens is 1. The Morgan fingerprint density at radius 2 is 1.89 bits per heavy atom. The summed E-state index contributed by atoms with van der Waals surface area (Å²) in [5, 5.41) is 2.07. The quantitative estimate of drug-likeness (QED) is 0.663. The predicted molar refractivity (Wildman–Crippen MR) is 109 cm³/mol. The molecule has 2 aromatic rings. The van der Waals surface area contributed by atoms with Crippen molar-refractivity contribution in [3.8, 4) is 0 Å². The summed E-state index contributed by atoms with van der Waals surface area (Å²) in [4.78, 5) is 14.2. The molecule has 1 saturated carbocycles. The minimum Gasteiger partial charge on any atom is -0.444 e. The van der Waals surface area contributed by atoms with Gasteiger partial charge in [-0.3, -0.25) is 0 Å². The van der Waals surface area contributed by atoms with E-state index in [1.807, 2.05) is 31.7 Å². The van der Waals surface area contributed by atoms with E-state index in [1.54, 1.807) is 0 Å². The molecule has 1 aliphatic carbocycles. The van der Waals surface area contributed by atoms with Gasteiger partial charge in [0.1, 0.15) is 5.60 Å². The second-order valence-corrected chi connectivity index (χ2v) is 9.52. The molecule has 1 aliphatic heterocycles. The number of hydrogen-bond acceptors (Lipinski definition) is 2. The number of piperidine rings is 1. The van der Waals surface area contributed by atoms with E-state index in [2.05, 4.69) is 22.9 Å². The molecule has 0 atom stereocenters. The third-order valence-electron chi connectivity index (χ3n) is 5.61. The second-order valence-electron chi connectivity index (χ2n) is 9.08. The molecule has 1 aromatic carbocycles. The van der Waals surface area contributed by atoms with E-state index in [4.69, 9.17) is 16.3 Å². The zero-order valence-corrected chi connectivity index (χ0v) is 17.3. The molecule has 0 radical (unpaired) electrons. The Kier molecular flexibility index (Phi) is 4.87. The molecular formula is C22H29ClN2O2. The highest BCUT2D eigenvalue weighted by Crippen LogP contribution is 2.38. The van der Waals surface area contributed by atoms with Gasteiger partial charge < -0.3 is 14.2 Å². The van der Waals surface area contributed by atoms with Crippen LogP contribution in [0.25, 0.3) is 10.9 Å². The van der Waals surface area contributed by atoms with Crippen LogP contribution in [0.1, 0.15) is 57.9 Å². The van der Waals surface area contributed by atoms with Crippen molar-refractivity contribution in [2.75, 3.05) is 13.1 Å². The lowest BCUT2D eigenvalue weighted by Gasteiger charge is -2.33. The van der Waals surface area contributed by atoms with Crippen LogP contribution >= 0.6 is 11.6 Å². The van der Waals surface area contributed by atoms with Crippen LogP contribution in [0.15, 0.2) is 24.4 Å². The summed E-state index contributed by atoms with van der Waals surface area (Å²) in [6, 6.07) is 6.25. The Balaban J connectivity index is 1.51. The zero-order valence-electron chi connectivity index (χ0n) is 16.5. The van der Waals surface area contributed by atoms with Gasteiger partial charge in [0.15, 0.2) is 0 Å². The molecule has 1 amide bonds. The van der Waals surface area contributed by atoms with E-state index in [-0.39, 0.29) is 6.09 Å². The van der Waals surface area contributed by atoms with Crippen LogP contribution in [0.5, 0.6) is 0 Å². The number of carbonyl (C=O) groups is 1. The Hall–Kier alpha value is -1.68. The van der Waals surface area contributed by atoms with Crippen molar-refractivity contribution in [2.24, 2.45) is 5.92 Å². The normalized spacial score (nSPS) is 18.9. The van der Waals surface area contributed by atoms with Crippen LogP contribution in [0.4, 0.5) is 4.79 Å². The van der Waals surface area contributed by atoms with Crippen molar-refractivity contribution in [3.05, 3.63) is 35.0 Å². The summed E-state index contributed by atoms with van der Waals surface area (Å²) >= 11 is 6.30. The molecule has 5 heteroatoms. The number of benzene rings is 1.